The van der Waals surface area contributed by atoms with Crippen LogP contribution in [0, 0.1) is 0 Å². The third-order valence-electron chi connectivity index (χ3n) is 4.95. The van der Waals surface area contributed by atoms with Crippen LogP contribution in [-0.4, -0.2) is 28.1 Å². The van der Waals surface area contributed by atoms with E-state index in [1.54, 1.807) is 40.4 Å². The Hall–Kier alpha value is -2.70. The van der Waals surface area contributed by atoms with E-state index in [-0.39, 0.29) is 0 Å². The van der Waals surface area contributed by atoms with Gasteiger partial charge in [-0.3, -0.25) is 19.4 Å². The Kier molecular flexibility index (Phi) is 6.16. The van der Waals surface area contributed by atoms with Crippen LogP contribution in [0.2, 0.25) is 0 Å². The van der Waals surface area contributed by atoms with Crippen molar-refractivity contribution in [2.45, 2.75) is 15.8 Å². The Labute approximate surface area is 185 Å². The normalized spacial score (nSPS) is 15.6. The quantitative estimate of drug-likeness (QED) is 0.389. The average Bonchev–Trinajstić information content (AvgIpc) is 2.99. The molecule has 30 heavy (non-hydrogen) atoms. The maximum Gasteiger partial charge on any atom is 0.319 e. The summed E-state index contributed by atoms with van der Waals surface area (Å²) in [5.41, 5.74) is 3.02. The molecule has 4 nitrogen and oxygen atoms in total. The van der Waals surface area contributed by atoms with Gasteiger partial charge in [0.05, 0.1) is 0 Å². The summed E-state index contributed by atoms with van der Waals surface area (Å²) < 4.78 is -0.874. The van der Waals surface area contributed by atoms with Gasteiger partial charge in [-0.1, -0.05) is 102 Å². The second-order valence-electron chi connectivity index (χ2n) is 6.94. The number of carbonyl (C=O) groups excluding carboxylic acids is 2. The Morgan fingerprint density at radius 2 is 1.10 bits per heavy atom. The molecule has 4 rings (SSSR count). The number of nitrogens with zero attached hydrogens (tertiary/aromatic N) is 2. The van der Waals surface area contributed by atoms with E-state index < -0.39 is 16.1 Å². The number of rotatable bonds is 7. The number of para-hydroxylation sites is 1. The number of anilines is 1. The molecular weight excluding hydrogens is 412 g/mol. The van der Waals surface area contributed by atoms with E-state index in [9.17, 15) is 9.59 Å². The summed E-state index contributed by atoms with van der Waals surface area (Å²) in [5.74, 6) is 0.373. The summed E-state index contributed by atoms with van der Waals surface area (Å²) >= 11 is 3.19. The lowest BCUT2D eigenvalue weighted by Crippen LogP contribution is -2.48. The van der Waals surface area contributed by atoms with E-state index in [0.29, 0.717) is 11.5 Å². The monoisotopic (exact) mass is 434 g/mol. The molecule has 3 aromatic rings. The van der Waals surface area contributed by atoms with Gasteiger partial charge < -0.3 is 0 Å². The Balaban J connectivity index is 1.72. The number of thioether (sulfide) groups is 2. The Morgan fingerprint density at radius 1 is 0.667 bits per heavy atom. The standard InChI is InChI=1S/C24H22N2O2S2/c1-25-22(27)23(28)26(21-15-9-4-10-16-21)24(25,29-17-19-11-5-2-6-12-19)30-18-20-13-7-3-8-14-20/h2-16H,17-18H2,1H3. The molecule has 0 aliphatic carbocycles. The molecule has 0 aromatic heterocycles. The van der Waals surface area contributed by atoms with Crippen LogP contribution in [0.15, 0.2) is 91.0 Å². The molecule has 0 spiro atoms. The molecule has 1 fully saturated rings. The van der Waals surface area contributed by atoms with E-state index in [4.69, 9.17) is 0 Å². The minimum Gasteiger partial charge on any atom is -0.296 e. The summed E-state index contributed by atoms with van der Waals surface area (Å²) in [5, 5.41) is 0. The highest BCUT2D eigenvalue weighted by molar-refractivity contribution is 8.17. The van der Waals surface area contributed by atoms with Gasteiger partial charge in [0, 0.05) is 24.2 Å². The number of amides is 2. The molecule has 6 heteroatoms. The van der Waals surface area contributed by atoms with Gasteiger partial charge in [0.25, 0.3) is 0 Å². The first-order chi connectivity index (χ1) is 14.6. The van der Waals surface area contributed by atoms with E-state index in [1.807, 2.05) is 66.7 Å². The van der Waals surface area contributed by atoms with E-state index in [2.05, 4.69) is 24.3 Å². The van der Waals surface area contributed by atoms with Crippen molar-refractivity contribution < 1.29 is 9.59 Å². The van der Waals surface area contributed by atoms with Crippen LogP contribution in [0.3, 0.4) is 0 Å². The lowest BCUT2D eigenvalue weighted by Gasteiger charge is -2.40. The molecule has 0 atom stereocenters. The van der Waals surface area contributed by atoms with Crippen LogP contribution in [0.4, 0.5) is 5.69 Å². The van der Waals surface area contributed by atoms with Crippen molar-refractivity contribution in [2.24, 2.45) is 0 Å². The smallest absolute Gasteiger partial charge is 0.296 e. The van der Waals surface area contributed by atoms with Crippen LogP contribution in [0.5, 0.6) is 0 Å². The van der Waals surface area contributed by atoms with Crippen LogP contribution >= 0.6 is 23.5 Å². The van der Waals surface area contributed by atoms with Gasteiger partial charge in [-0.05, 0) is 23.3 Å². The molecule has 3 aromatic carbocycles. The lowest BCUT2D eigenvalue weighted by atomic mass is 10.2. The minimum atomic E-state index is -0.874. The third kappa shape index (κ3) is 3.98. The number of benzene rings is 3. The number of likely N-dealkylation sites (N-methyl/N-ethyl adjacent to an activating group) is 1. The molecule has 0 saturated carbocycles. The van der Waals surface area contributed by atoms with Gasteiger partial charge in [0.1, 0.15) is 0 Å². The van der Waals surface area contributed by atoms with Crippen molar-refractivity contribution >= 4 is 41.0 Å². The van der Waals surface area contributed by atoms with Crippen molar-refractivity contribution in [3.05, 3.63) is 102 Å². The molecule has 1 heterocycles. The fourth-order valence-electron chi connectivity index (χ4n) is 3.37. The average molecular weight is 435 g/mol. The highest BCUT2D eigenvalue weighted by Crippen LogP contribution is 2.50. The molecular formula is C24H22N2O2S2. The van der Waals surface area contributed by atoms with Crippen LogP contribution in [0.1, 0.15) is 11.1 Å². The SMILES string of the molecule is CN1C(=O)C(=O)N(c2ccccc2)C1(SCc1ccccc1)SCc1ccccc1. The van der Waals surface area contributed by atoms with Crippen LogP contribution in [0.25, 0.3) is 0 Å². The van der Waals surface area contributed by atoms with Crippen molar-refractivity contribution in [3.63, 3.8) is 0 Å². The lowest BCUT2D eigenvalue weighted by molar-refractivity contribution is -0.139. The van der Waals surface area contributed by atoms with Gasteiger partial charge in [0.15, 0.2) is 0 Å². The maximum atomic E-state index is 13.1. The second-order valence-corrected chi connectivity index (χ2v) is 9.49. The van der Waals surface area contributed by atoms with E-state index >= 15 is 0 Å². The van der Waals surface area contributed by atoms with Gasteiger partial charge in [-0.25, -0.2) is 0 Å². The first-order valence-electron chi connectivity index (χ1n) is 9.65. The Bertz CT molecular complexity index is 970. The van der Waals surface area contributed by atoms with Crippen molar-refractivity contribution in [3.8, 4) is 0 Å². The summed E-state index contributed by atoms with van der Waals surface area (Å²) in [6.45, 7) is 0. The fraction of sp³-hybridized carbons (Fsp3) is 0.167. The first kappa shape index (κ1) is 20.6. The predicted octanol–water partition coefficient (Wildman–Crippen LogP) is 4.97. The summed E-state index contributed by atoms with van der Waals surface area (Å²) in [4.78, 5) is 29.1. The largest absolute Gasteiger partial charge is 0.319 e. The van der Waals surface area contributed by atoms with Gasteiger partial charge >= 0.3 is 11.8 Å². The van der Waals surface area contributed by atoms with Gasteiger partial charge in [0.2, 0.25) is 4.33 Å². The van der Waals surface area contributed by atoms with Gasteiger partial charge in [-0.15, -0.1) is 0 Å². The van der Waals surface area contributed by atoms with Crippen molar-refractivity contribution in [2.75, 3.05) is 11.9 Å². The fourth-order valence-corrected chi connectivity index (χ4v) is 6.34. The summed E-state index contributed by atoms with van der Waals surface area (Å²) in [6, 6.07) is 29.7. The zero-order valence-corrected chi connectivity index (χ0v) is 18.2. The molecule has 152 valence electrons. The summed E-state index contributed by atoms with van der Waals surface area (Å²) in [6.07, 6.45) is 0. The molecule has 2 amide bonds. The second kappa shape index (κ2) is 8.98. The molecule has 1 aliphatic heterocycles. The first-order valence-corrected chi connectivity index (χ1v) is 11.6. The molecule has 0 bridgehead atoms. The van der Waals surface area contributed by atoms with Crippen molar-refractivity contribution in [1.29, 1.82) is 0 Å². The molecule has 0 radical (unpaired) electrons. The van der Waals surface area contributed by atoms with Crippen molar-refractivity contribution in [1.82, 2.24) is 4.90 Å². The third-order valence-corrected chi connectivity index (χ3v) is 8.28. The molecule has 0 unspecified atom stereocenters. The molecule has 0 N–H and O–H groups in total. The minimum absolute atomic E-state index is 0.486. The Morgan fingerprint density at radius 3 is 1.57 bits per heavy atom. The molecule has 1 saturated heterocycles. The van der Waals surface area contributed by atoms with Crippen LogP contribution in [-0.2, 0) is 21.1 Å². The summed E-state index contributed by atoms with van der Waals surface area (Å²) in [7, 11) is 1.72. The van der Waals surface area contributed by atoms with E-state index in [0.717, 1.165) is 16.8 Å². The maximum absolute atomic E-state index is 13.1. The predicted molar refractivity (Wildman–Crippen MR) is 125 cm³/mol. The number of hydrogen-bond acceptors (Lipinski definition) is 4. The van der Waals surface area contributed by atoms with E-state index in [1.165, 1.54) is 0 Å². The number of carbonyl (C=O) groups is 2. The zero-order chi connectivity index (χ0) is 21.0. The highest BCUT2D eigenvalue weighted by Gasteiger charge is 2.56. The zero-order valence-electron chi connectivity index (χ0n) is 16.6. The molecule has 1 aliphatic rings. The number of hydrogen-bond donors (Lipinski definition) is 0. The van der Waals surface area contributed by atoms with Gasteiger partial charge in [-0.2, -0.15) is 0 Å². The topological polar surface area (TPSA) is 40.6 Å². The highest BCUT2D eigenvalue weighted by atomic mass is 32.2. The van der Waals surface area contributed by atoms with Crippen LogP contribution < -0.4 is 4.90 Å².